The monoisotopic (exact) mass is 318 g/mol. The Kier molecular flexibility index (Phi) is 2.72. The summed E-state index contributed by atoms with van der Waals surface area (Å²) in [5.41, 5.74) is 3.00. The van der Waals surface area contributed by atoms with Crippen molar-refractivity contribution in [2.24, 2.45) is 0 Å². The fraction of sp³-hybridized carbons (Fsp3) is 0.727. The van der Waals surface area contributed by atoms with Crippen LogP contribution in [0.5, 0.6) is 0 Å². The predicted octanol–water partition coefficient (Wildman–Crippen LogP) is 2.33. The van der Waals surface area contributed by atoms with Crippen LogP contribution in [0.4, 0.5) is 0 Å². The van der Waals surface area contributed by atoms with Gasteiger partial charge < -0.3 is 4.74 Å². The Labute approximate surface area is 103 Å². The molecule has 4 heteroatoms. The maximum absolute atomic E-state index is 5.45. The first-order chi connectivity index (χ1) is 7.36. The van der Waals surface area contributed by atoms with Crippen molar-refractivity contribution in [1.82, 2.24) is 9.78 Å². The average Bonchev–Trinajstić information content (AvgIpc) is 2.87. The number of fused-ring (bicyclic) bond motifs is 1. The summed E-state index contributed by atoms with van der Waals surface area (Å²) in [6.07, 6.45) is 6.21. The smallest absolute Gasteiger partial charge is 0.126 e. The minimum atomic E-state index is 0.500. The molecular weight excluding hydrogens is 303 g/mol. The highest BCUT2D eigenvalue weighted by Crippen LogP contribution is 2.30. The van der Waals surface area contributed by atoms with E-state index in [1.54, 1.807) is 0 Å². The van der Waals surface area contributed by atoms with Gasteiger partial charge in [-0.3, -0.25) is 4.68 Å². The van der Waals surface area contributed by atoms with Crippen LogP contribution >= 0.6 is 22.6 Å². The van der Waals surface area contributed by atoms with Crippen molar-refractivity contribution in [3.05, 3.63) is 15.0 Å². The van der Waals surface area contributed by atoms with E-state index < -0.39 is 0 Å². The second-order valence-electron chi connectivity index (χ2n) is 4.39. The molecule has 0 N–H and O–H groups in total. The molecule has 15 heavy (non-hydrogen) atoms. The molecule has 1 saturated heterocycles. The van der Waals surface area contributed by atoms with E-state index in [0.717, 1.165) is 19.6 Å². The maximum atomic E-state index is 5.45. The van der Waals surface area contributed by atoms with Crippen LogP contribution in [0.3, 0.4) is 0 Å². The molecule has 0 radical (unpaired) electrons. The standard InChI is InChI=1S/C11H15IN2O/c12-11-9-3-1-2-4-10(9)14(13-11)8-5-6-15-7-8/h8H,1-7H2. The van der Waals surface area contributed by atoms with Crippen molar-refractivity contribution in [3.8, 4) is 0 Å². The molecule has 1 aromatic heterocycles. The summed E-state index contributed by atoms with van der Waals surface area (Å²) in [4.78, 5) is 0. The molecule has 0 spiro atoms. The van der Waals surface area contributed by atoms with Crippen molar-refractivity contribution in [2.75, 3.05) is 13.2 Å². The van der Waals surface area contributed by atoms with Gasteiger partial charge >= 0.3 is 0 Å². The lowest BCUT2D eigenvalue weighted by atomic mass is 9.98. The highest BCUT2D eigenvalue weighted by Gasteiger charge is 2.26. The summed E-state index contributed by atoms with van der Waals surface area (Å²) < 4.78 is 8.92. The first kappa shape index (κ1) is 10.1. The molecule has 1 atom stereocenters. The van der Waals surface area contributed by atoms with Crippen LogP contribution in [0.15, 0.2) is 0 Å². The minimum Gasteiger partial charge on any atom is -0.379 e. The molecule has 3 nitrogen and oxygen atoms in total. The number of rotatable bonds is 1. The molecule has 1 fully saturated rings. The van der Waals surface area contributed by atoms with Gasteiger partial charge in [0, 0.05) is 17.9 Å². The predicted molar refractivity (Wildman–Crippen MR) is 66.1 cm³/mol. The number of ether oxygens (including phenoxy) is 1. The van der Waals surface area contributed by atoms with E-state index in [1.807, 2.05) is 0 Å². The molecular formula is C11H15IN2O. The molecule has 1 aliphatic heterocycles. The van der Waals surface area contributed by atoms with Crippen LogP contribution in [0.1, 0.15) is 36.6 Å². The maximum Gasteiger partial charge on any atom is 0.126 e. The Hall–Kier alpha value is -0.100. The van der Waals surface area contributed by atoms with E-state index in [2.05, 4.69) is 27.3 Å². The Morgan fingerprint density at radius 1 is 1.33 bits per heavy atom. The molecule has 0 bridgehead atoms. The van der Waals surface area contributed by atoms with Crippen LogP contribution in [0.2, 0.25) is 0 Å². The Morgan fingerprint density at radius 3 is 3.00 bits per heavy atom. The zero-order chi connectivity index (χ0) is 10.3. The van der Waals surface area contributed by atoms with Crippen molar-refractivity contribution in [3.63, 3.8) is 0 Å². The van der Waals surface area contributed by atoms with Gasteiger partial charge in [0.25, 0.3) is 0 Å². The molecule has 1 unspecified atom stereocenters. The van der Waals surface area contributed by atoms with Crippen molar-refractivity contribution in [2.45, 2.75) is 38.1 Å². The summed E-state index contributed by atoms with van der Waals surface area (Å²) >= 11 is 2.38. The molecule has 82 valence electrons. The van der Waals surface area contributed by atoms with Gasteiger partial charge in [0.2, 0.25) is 0 Å². The minimum absolute atomic E-state index is 0.500. The largest absolute Gasteiger partial charge is 0.379 e. The summed E-state index contributed by atoms with van der Waals surface area (Å²) in [5.74, 6) is 0. The lowest BCUT2D eigenvalue weighted by Gasteiger charge is -2.17. The van der Waals surface area contributed by atoms with Crippen LogP contribution in [-0.4, -0.2) is 23.0 Å². The van der Waals surface area contributed by atoms with E-state index >= 15 is 0 Å². The number of hydrogen-bond acceptors (Lipinski definition) is 2. The van der Waals surface area contributed by atoms with Crippen LogP contribution in [-0.2, 0) is 17.6 Å². The van der Waals surface area contributed by atoms with Crippen LogP contribution < -0.4 is 0 Å². The van der Waals surface area contributed by atoms with E-state index in [9.17, 15) is 0 Å². The van der Waals surface area contributed by atoms with Gasteiger partial charge in [0.05, 0.1) is 12.6 Å². The average molecular weight is 318 g/mol. The van der Waals surface area contributed by atoms with Crippen LogP contribution in [0, 0.1) is 3.70 Å². The van der Waals surface area contributed by atoms with E-state index in [-0.39, 0.29) is 0 Å². The molecule has 0 aromatic carbocycles. The number of nitrogens with zero attached hydrogens (tertiary/aromatic N) is 2. The molecule has 1 aliphatic carbocycles. The normalized spacial score (nSPS) is 25.5. The third-order valence-electron chi connectivity index (χ3n) is 3.41. The van der Waals surface area contributed by atoms with Gasteiger partial charge in [0.1, 0.15) is 3.70 Å². The van der Waals surface area contributed by atoms with E-state index in [4.69, 9.17) is 9.84 Å². The zero-order valence-electron chi connectivity index (χ0n) is 8.71. The third-order valence-corrected chi connectivity index (χ3v) is 4.28. The SMILES string of the molecule is Ic1nn(C2CCOC2)c2c1CCCC2. The second kappa shape index (κ2) is 4.05. The Bertz CT molecular complexity index is 369. The quantitative estimate of drug-likeness (QED) is 0.743. The summed E-state index contributed by atoms with van der Waals surface area (Å²) in [6, 6.07) is 0.500. The van der Waals surface area contributed by atoms with Crippen molar-refractivity contribution >= 4 is 22.6 Å². The van der Waals surface area contributed by atoms with Gasteiger partial charge in [-0.05, 0) is 54.7 Å². The first-order valence-electron chi connectivity index (χ1n) is 5.70. The highest BCUT2D eigenvalue weighted by atomic mass is 127. The fourth-order valence-corrected chi connectivity index (χ4v) is 3.41. The number of aromatic nitrogens is 2. The van der Waals surface area contributed by atoms with Gasteiger partial charge in [-0.1, -0.05) is 0 Å². The summed E-state index contributed by atoms with van der Waals surface area (Å²) in [5, 5.41) is 4.70. The fourth-order valence-electron chi connectivity index (χ4n) is 2.60. The van der Waals surface area contributed by atoms with Crippen molar-refractivity contribution in [1.29, 1.82) is 0 Å². The summed E-state index contributed by atoms with van der Waals surface area (Å²) in [6.45, 7) is 1.75. The molecule has 2 aliphatic rings. The van der Waals surface area contributed by atoms with Gasteiger partial charge in [-0.2, -0.15) is 5.10 Å². The lowest BCUT2D eigenvalue weighted by Crippen LogP contribution is -2.15. The Morgan fingerprint density at radius 2 is 2.20 bits per heavy atom. The number of halogens is 1. The molecule has 0 saturated carbocycles. The third kappa shape index (κ3) is 1.71. The van der Waals surface area contributed by atoms with Gasteiger partial charge in [-0.25, -0.2) is 0 Å². The lowest BCUT2D eigenvalue weighted by molar-refractivity contribution is 0.183. The topological polar surface area (TPSA) is 27.1 Å². The molecule has 1 aromatic rings. The van der Waals surface area contributed by atoms with Crippen LogP contribution in [0.25, 0.3) is 0 Å². The zero-order valence-corrected chi connectivity index (χ0v) is 10.9. The molecule has 2 heterocycles. The summed E-state index contributed by atoms with van der Waals surface area (Å²) in [7, 11) is 0. The highest BCUT2D eigenvalue weighted by molar-refractivity contribution is 14.1. The molecule has 0 amide bonds. The van der Waals surface area contributed by atoms with Gasteiger partial charge in [-0.15, -0.1) is 0 Å². The van der Waals surface area contributed by atoms with Crippen molar-refractivity contribution < 1.29 is 4.74 Å². The van der Waals surface area contributed by atoms with E-state index in [0.29, 0.717) is 6.04 Å². The Balaban J connectivity index is 1.99. The second-order valence-corrected chi connectivity index (χ2v) is 5.41. The number of hydrogen-bond donors (Lipinski definition) is 0. The molecule has 3 rings (SSSR count). The first-order valence-corrected chi connectivity index (χ1v) is 6.77. The van der Waals surface area contributed by atoms with E-state index in [1.165, 1.54) is 40.6 Å². The van der Waals surface area contributed by atoms with Gasteiger partial charge in [0.15, 0.2) is 0 Å².